The van der Waals surface area contributed by atoms with Crippen LogP contribution in [-0.4, -0.2) is 49.5 Å². The van der Waals surface area contributed by atoms with Gasteiger partial charge in [-0.1, -0.05) is 51.1 Å². The van der Waals surface area contributed by atoms with E-state index in [1.54, 1.807) is 25.1 Å². The minimum absolute atomic E-state index is 0.128. The summed E-state index contributed by atoms with van der Waals surface area (Å²) in [6.07, 6.45) is 1.02. The van der Waals surface area contributed by atoms with E-state index in [0.29, 0.717) is 5.69 Å². The van der Waals surface area contributed by atoms with Crippen LogP contribution in [0.25, 0.3) is 0 Å². The van der Waals surface area contributed by atoms with Crippen molar-refractivity contribution in [2.75, 3.05) is 17.1 Å². The zero-order chi connectivity index (χ0) is 27.5. The molecule has 36 heavy (non-hydrogen) atoms. The third-order valence-corrected chi connectivity index (χ3v) is 6.81. The molecule has 1 N–H and O–H groups in total. The van der Waals surface area contributed by atoms with E-state index in [2.05, 4.69) is 5.32 Å². The summed E-state index contributed by atoms with van der Waals surface area (Å²) in [4.78, 5) is 27.7. The van der Waals surface area contributed by atoms with Gasteiger partial charge in [0.1, 0.15) is 18.4 Å². The third-order valence-electron chi connectivity index (χ3n) is 5.66. The summed E-state index contributed by atoms with van der Waals surface area (Å²) in [7, 11) is -3.84. The second kappa shape index (κ2) is 11.0. The molecule has 2 aromatic carbocycles. The Hall–Kier alpha value is -2.94. The Morgan fingerprint density at radius 2 is 1.53 bits per heavy atom. The maximum Gasteiger partial charge on any atom is 0.244 e. The number of amides is 2. The molecule has 1 unspecified atom stereocenters. The van der Waals surface area contributed by atoms with Crippen LogP contribution in [0, 0.1) is 5.82 Å². The van der Waals surface area contributed by atoms with E-state index in [0.717, 1.165) is 16.1 Å². The van der Waals surface area contributed by atoms with Gasteiger partial charge in [-0.05, 0) is 56.9 Å². The van der Waals surface area contributed by atoms with E-state index in [-0.39, 0.29) is 17.5 Å². The van der Waals surface area contributed by atoms with E-state index in [1.165, 1.54) is 23.1 Å². The first-order chi connectivity index (χ1) is 16.4. The van der Waals surface area contributed by atoms with Gasteiger partial charge < -0.3 is 10.2 Å². The van der Waals surface area contributed by atoms with Gasteiger partial charge in [0.15, 0.2) is 0 Å². The Bertz CT molecular complexity index is 1180. The molecular weight excluding hydrogens is 481 g/mol. The monoisotopic (exact) mass is 519 g/mol. The number of benzene rings is 2. The molecule has 0 aromatic heterocycles. The molecule has 2 rings (SSSR count). The van der Waals surface area contributed by atoms with Crippen LogP contribution in [0.3, 0.4) is 0 Å². The second-order valence-corrected chi connectivity index (χ2v) is 13.0. The lowest BCUT2D eigenvalue weighted by Crippen LogP contribution is -2.54. The Labute approximate surface area is 214 Å². The van der Waals surface area contributed by atoms with Gasteiger partial charge in [-0.15, -0.1) is 0 Å². The van der Waals surface area contributed by atoms with Crippen molar-refractivity contribution in [2.45, 2.75) is 72.0 Å². The van der Waals surface area contributed by atoms with Gasteiger partial charge in [-0.3, -0.25) is 13.9 Å². The fraction of sp³-hybridized carbons (Fsp3) is 0.481. The summed E-state index contributed by atoms with van der Waals surface area (Å²) in [5.74, 6) is -1.57. The van der Waals surface area contributed by atoms with Crippen LogP contribution < -0.4 is 9.62 Å². The molecule has 1 atom stereocenters. The van der Waals surface area contributed by atoms with E-state index >= 15 is 0 Å². The SMILES string of the molecule is CC(C(=O)NC(C)(C)C)N(Cc1ccccc1F)C(=O)CN(c1ccc(C(C)(C)C)cc1)S(C)(=O)=O. The van der Waals surface area contributed by atoms with Crippen molar-refractivity contribution < 1.29 is 22.4 Å². The summed E-state index contributed by atoms with van der Waals surface area (Å²) < 4.78 is 40.8. The summed E-state index contributed by atoms with van der Waals surface area (Å²) >= 11 is 0. The molecular formula is C27H38FN3O4S. The van der Waals surface area contributed by atoms with Crippen LogP contribution in [0.4, 0.5) is 10.1 Å². The highest BCUT2D eigenvalue weighted by molar-refractivity contribution is 7.92. The van der Waals surface area contributed by atoms with Crippen molar-refractivity contribution in [2.24, 2.45) is 0 Å². The first-order valence-corrected chi connectivity index (χ1v) is 13.7. The topological polar surface area (TPSA) is 86.8 Å². The van der Waals surface area contributed by atoms with Gasteiger partial charge in [0.05, 0.1) is 11.9 Å². The van der Waals surface area contributed by atoms with Crippen molar-refractivity contribution in [3.8, 4) is 0 Å². The smallest absolute Gasteiger partial charge is 0.244 e. The highest BCUT2D eigenvalue weighted by atomic mass is 32.2. The molecule has 0 heterocycles. The maximum absolute atomic E-state index is 14.5. The number of anilines is 1. The standard InChI is InChI=1S/C27H38FN3O4S/c1-19(25(33)29-27(5,6)7)30(17-20-11-9-10-12-23(20)28)24(32)18-31(36(8,34)35)22-15-13-21(14-16-22)26(2,3)4/h9-16,19H,17-18H2,1-8H3,(H,29,33). The van der Waals surface area contributed by atoms with Crippen molar-refractivity contribution in [3.05, 3.63) is 65.5 Å². The number of nitrogens with zero attached hydrogens (tertiary/aromatic N) is 2. The van der Waals surface area contributed by atoms with Crippen LogP contribution in [0.15, 0.2) is 48.5 Å². The van der Waals surface area contributed by atoms with Crippen LogP contribution >= 0.6 is 0 Å². The molecule has 2 aromatic rings. The zero-order valence-electron chi connectivity index (χ0n) is 22.4. The largest absolute Gasteiger partial charge is 0.350 e. The van der Waals surface area contributed by atoms with Gasteiger partial charge in [0, 0.05) is 17.6 Å². The predicted octanol–water partition coefficient (Wildman–Crippen LogP) is 4.22. The fourth-order valence-corrected chi connectivity index (χ4v) is 4.46. The molecule has 2 amide bonds. The number of carbonyl (C=O) groups is 2. The molecule has 0 aliphatic carbocycles. The van der Waals surface area contributed by atoms with Crippen molar-refractivity contribution in [3.63, 3.8) is 0 Å². The molecule has 0 bridgehead atoms. The van der Waals surface area contributed by atoms with E-state index in [1.807, 2.05) is 53.7 Å². The van der Waals surface area contributed by atoms with E-state index in [9.17, 15) is 22.4 Å². The Morgan fingerprint density at radius 1 is 0.972 bits per heavy atom. The van der Waals surface area contributed by atoms with Crippen LogP contribution in [-0.2, 0) is 31.6 Å². The Balaban J connectivity index is 2.43. The molecule has 0 aliphatic rings. The predicted molar refractivity (Wildman–Crippen MR) is 142 cm³/mol. The molecule has 9 heteroatoms. The quantitative estimate of drug-likeness (QED) is 0.566. The Kier molecular flexibility index (Phi) is 8.94. The molecule has 7 nitrogen and oxygen atoms in total. The van der Waals surface area contributed by atoms with Gasteiger partial charge in [0.25, 0.3) is 0 Å². The number of carbonyl (C=O) groups excluding carboxylic acids is 2. The average molecular weight is 520 g/mol. The highest BCUT2D eigenvalue weighted by Crippen LogP contribution is 2.26. The maximum atomic E-state index is 14.5. The van der Waals surface area contributed by atoms with Crippen LogP contribution in [0.2, 0.25) is 0 Å². The molecule has 0 radical (unpaired) electrons. The number of hydrogen-bond donors (Lipinski definition) is 1. The van der Waals surface area contributed by atoms with E-state index < -0.39 is 45.8 Å². The summed E-state index contributed by atoms with van der Waals surface area (Å²) in [6, 6.07) is 12.0. The molecule has 0 fully saturated rings. The van der Waals surface area contributed by atoms with Crippen molar-refractivity contribution in [1.29, 1.82) is 0 Å². The van der Waals surface area contributed by atoms with Gasteiger partial charge in [-0.25, -0.2) is 12.8 Å². The molecule has 0 saturated carbocycles. The normalized spacial score (nSPS) is 13.1. The molecule has 0 spiro atoms. The van der Waals surface area contributed by atoms with Gasteiger partial charge >= 0.3 is 0 Å². The number of sulfonamides is 1. The third kappa shape index (κ3) is 8.05. The molecule has 0 saturated heterocycles. The fourth-order valence-electron chi connectivity index (χ4n) is 3.61. The average Bonchev–Trinajstić information content (AvgIpc) is 2.74. The van der Waals surface area contributed by atoms with Crippen molar-refractivity contribution in [1.82, 2.24) is 10.2 Å². The first kappa shape index (κ1) is 29.3. The highest BCUT2D eigenvalue weighted by Gasteiger charge is 2.32. The minimum atomic E-state index is -3.84. The number of halogens is 1. The van der Waals surface area contributed by atoms with Crippen molar-refractivity contribution >= 4 is 27.5 Å². The molecule has 198 valence electrons. The Morgan fingerprint density at radius 3 is 2.00 bits per heavy atom. The lowest BCUT2D eigenvalue weighted by atomic mass is 9.87. The summed E-state index contributed by atoms with van der Waals surface area (Å²) in [6.45, 7) is 12.4. The van der Waals surface area contributed by atoms with Crippen LogP contribution in [0.1, 0.15) is 59.6 Å². The van der Waals surface area contributed by atoms with Gasteiger partial charge in [0.2, 0.25) is 21.8 Å². The summed E-state index contributed by atoms with van der Waals surface area (Å²) in [5, 5.41) is 2.83. The lowest BCUT2D eigenvalue weighted by molar-refractivity contribution is -0.140. The summed E-state index contributed by atoms with van der Waals surface area (Å²) in [5.41, 5.74) is 0.889. The lowest BCUT2D eigenvalue weighted by Gasteiger charge is -2.33. The first-order valence-electron chi connectivity index (χ1n) is 11.8. The van der Waals surface area contributed by atoms with Crippen LogP contribution in [0.5, 0.6) is 0 Å². The number of nitrogens with one attached hydrogen (secondary N) is 1. The zero-order valence-corrected chi connectivity index (χ0v) is 23.2. The number of rotatable bonds is 8. The van der Waals surface area contributed by atoms with Gasteiger partial charge in [-0.2, -0.15) is 0 Å². The van der Waals surface area contributed by atoms with E-state index in [4.69, 9.17) is 0 Å². The molecule has 0 aliphatic heterocycles. The number of hydrogen-bond acceptors (Lipinski definition) is 4. The second-order valence-electron chi connectivity index (χ2n) is 11.1. The minimum Gasteiger partial charge on any atom is -0.350 e.